The van der Waals surface area contributed by atoms with Crippen molar-refractivity contribution in [2.24, 2.45) is 7.05 Å². The highest BCUT2D eigenvalue weighted by molar-refractivity contribution is 5.93. The van der Waals surface area contributed by atoms with Crippen LogP contribution in [-0.2, 0) is 18.2 Å². The summed E-state index contributed by atoms with van der Waals surface area (Å²) < 4.78 is 19.2. The van der Waals surface area contributed by atoms with Gasteiger partial charge in [-0.1, -0.05) is 6.92 Å². The molecule has 0 aliphatic carbocycles. The number of aromatic nitrogens is 2. The molecule has 0 amide bonds. The lowest BCUT2D eigenvalue weighted by atomic mass is 10.1. The van der Waals surface area contributed by atoms with Gasteiger partial charge in [-0.15, -0.1) is 0 Å². The minimum Gasteiger partial charge on any atom is -0.489 e. The molecule has 26 heavy (non-hydrogen) atoms. The molecule has 1 aliphatic rings. The largest absolute Gasteiger partial charge is 0.489 e. The Bertz CT molecular complexity index is 983. The molecule has 1 fully saturated rings. The number of pyridine rings is 2. The minimum atomic E-state index is -0.0666. The first kappa shape index (κ1) is 16.8. The van der Waals surface area contributed by atoms with Crippen molar-refractivity contribution in [3.05, 3.63) is 46.8 Å². The molecule has 0 saturated carbocycles. The molecule has 0 radical (unpaired) electrons. The van der Waals surface area contributed by atoms with Crippen molar-refractivity contribution in [3.8, 4) is 16.9 Å². The van der Waals surface area contributed by atoms with Gasteiger partial charge in [0.15, 0.2) is 0 Å². The van der Waals surface area contributed by atoms with Crippen LogP contribution in [0.4, 0.5) is 0 Å². The highest BCUT2D eigenvalue weighted by atomic mass is 16.5. The smallest absolute Gasteiger partial charge is 0.261 e. The predicted molar refractivity (Wildman–Crippen MR) is 98.5 cm³/mol. The maximum Gasteiger partial charge on any atom is 0.261 e. The monoisotopic (exact) mass is 354 g/mol. The van der Waals surface area contributed by atoms with Gasteiger partial charge in [-0.05, 0) is 25.0 Å². The number of fused-ring (bicyclic) bond motifs is 1. The van der Waals surface area contributed by atoms with E-state index < -0.39 is 0 Å². The molecule has 6 heteroatoms. The summed E-state index contributed by atoms with van der Waals surface area (Å²) in [6.07, 6.45) is 8.15. The van der Waals surface area contributed by atoms with Crippen LogP contribution in [0.15, 0.2) is 39.9 Å². The molecule has 3 aromatic heterocycles. The molecule has 4 rings (SSSR count). The predicted octanol–water partition coefficient (Wildman–Crippen LogP) is 3.31. The van der Waals surface area contributed by atoms with Crippen LogP contribution in [0.3, 0.4) is 0 Å². The Labute approximate surface area is 151 Å². The number of nitrogens with zero attached hydrogens (tertiary/aromatic N) is 2. The van der Waals surface area contributed by atoms with Crippen molar-refractivity contribution >= 4 is 11.0 Å². The summed E-state index contributed by atoms with van der Waals surface area (Å²) >= 11 is 0. The van der Waals surface area contributed by atoms with Gasteiger partial charge in [0.05, 0.1) is 17.7 Å². The van der Waals surface area contributed by atoms with Crippen LogP contribution in [0.25, 0.3) is 22.1 Å². The number of furan rings is 1. The molecule has 6 nitrogen and oxygen atoms in total. The van der Waals surface area contributed by atoms with Crippen molar-refractivity contribution in [1.82, 2.24) is 9.55 Å². The SMILES string of the molecule is CCc1cc2c(=O)n(C)cc(-c3ccncc3OCC3CCCO3)c2o1. The normalized spacial score (nSPS) is 17.1. The first-order chi connectivity index (χ1) is 12.7. The molecular formula is C20H22N2O4. The van der Waals surface area contributed by atoms with Crippen LogP contribution in [0.2, 0.25) is 0 Å². The fraction of sp³-hybridized carbons (Fsp3) is 0.400. The van der Waals surface area contributed by atoms with E-state index in [1.165, 1.54) is 0 Å². The number of hydrogen-bond donors (Lipinski definition) is 0. The van der Waals surface area contributed by atoms with Crippen molar-refractivity contribution in [2.45, 2.75) is 32.3 Å². The lowest BCUT2D eigenvalue weighted by molar-refractivity contribution is 0.0680. The summed E-state index contributed by atoms with van der Waals surface area (Å²) in [5.41, 5.74) is 2.21. The fourth-order valence-electron chi connectivity index (χ4n) is 3.34. The van der Waals surface area contributed by atoms with Gasteiger partial charge in [0.2, 0.25) is 0 Å². The first-order valence-corrected chi connectivity index (χ1v) is 8.98. The van der Waals surface area contributed by atoms with Crippen LogP contribution < -0.4 is 10.3 Å². The molecule has 0 aromatic carbocycles. The van der Waals surface area contributed by atoms with Gasteiger partial charge in [0.25, 0.3) is 5.56 Å². The zero-order chi connectivity index (χ0) is 18.1. The van der Waals surface area contributed by atoms with Crippen molar-refractivity contribution in [1.29, 1.82) is 0 Å². The lowest BCUT2D eigenvalue weighted by Crippen LogP contribution is -2.17. The van der Waals surface area contributed by atoms with E-state index in [4.69, 9.17) is 13.9 Å². The molecule has 4 heterocycles. The second-order valence-corrected chi connectivity index (χ2v) is 6.59. The van der Waals surface area contributed by atoms with Gasteiger partial charge in [0, 0.05) is 43.6 Å². The number of rotatable bonds is 5. The topological polar surface area (TPSA) is 66.5 Å². The van der Waals surface area contributed by atoms with Crippen LogP contribution in [0, 0.1) is 0 Å². The third-order valence-electron chi connectivity index (χ3n) is 4.77. The van der Waals surface area contributed by atoms with E-state index in [9.17, 15) is 4.79 Å². The van der Waals surface area contributed by atoms with Gasteiger partial charge in [-0.3, -0.25) is 9.78 Å². The molecule has 3 aromatic rings. The Balaban J connectivity index is 1.79. The van der Waals surface area contributed by atoms with Crippen LogP contribution >= 0.6 is 0 Å². The minimum absolute atomic E-state index is 0.0666. The average Bonchev–Trinajstić information content (AvgIpc) is 3.33. The summed E-state index contributed by atoms with van der Waals surface area (Å²) in [5.74, 6) is 1.46. The van der Waals surface area contributed by atoms with Gasteiger partial charge in [0.1, 0.15) is 23.7 Å². The van der Waals surface area contributed by atoms with E-state index in [-0.39, 0.29) is 11.7 Å². The van der Waals surface area contributed by atoms with Gasteiger partial charge in [-0.25, -0.2) is 0 Å². The molecule has 136 valence electrons. The lowest BCUT2D eigenvalue weighted by Gasteiger charge is -2.15. The first-order valence-electron chi connectivity index (χ1n) is 8.98. The second-order valence-electron chi connectivity index (χ2n) is 6.59. The number of aryl methyl sites for hydroxylation is 2. The standard InChI is InChI=1S/C20H22N2O4/c1-3-13-9-16-19(26-13)17(11-22(2)20(16)23)15-6-7-21-10-18(15)25-12-14-5-4-8-24-14/h6-7,9-11,14H,3-5,8,12H2,1-2H3. The van der Waals surface area contributed by atoms with Crippen LogP contribution in [0.1, 0.15) is 25.5 Å². The Kier molecular flexibility index (Phi) is 4.51. The van der Waals surface area contributed by atoms with E-state index in [0.29, 0.717) is 23.3 Å². The van der Waals surface area contributed by atoms with Crippen LogP contribution in [-0.4, -0.2) is 28.9 Å². The summed E-state index contributed by atoms with van der Waals surface area (Å²) in [6.45, 7) is 3.29. The van der Waals surface area contributed by atoms with Crippen molar-refractivity contribution in [2.75, 3.05) is 13.2 Å². The molecular weight excluding hydrogens is 332 g/mol. The fourth-order valence-corrected chi connectivity index (χ4v) is 3.34. The molecule has 1 saturated heterocycles. The number of hydrogen-bond acceptors (Lipinski definition) is 5. The highest BCUT2D eigenvalue weighted by Gasteiger charge is 2.20. The third-order valence-corrected chi connectivity index (χ3v) is 4.77. The second kappa shape index (κ2) is 6.96. The molecule has 1 unspecified atom stereocenters. The average molecular weight is 354 g/mol. The van der Waals surface area contributed by atoms with Crippen molar-refractivity contribution in [3.63, 3.8) is 0 Å². The Hall–Kier alpha value is -2.60. The van der Waals surface area contributed by atoms with E-state index in [2.05, 4.69) is 4.98 Å². The number of ether oxygens (including phenoxy) is 2. The van der Waals surface area contributed by atoms with Gasteiger partial charge >= 0.3 is 0 Å². The quantitative estimate of drug-likeness (QED) is 0.703. The van der Waals surface area contributed by atoms with E-state index in [1.54, 1.807) is 30.2 Å². The van der Waals surface area contributed by atoms with E-state index in [0.717, 1.165) is 42.8 Å². The Morgan fingerprint density at radius 2 is 2.27 bits per heavy atom. The Morgan fingerprint density at radius 1 is 1.38 bits per heavy atom. The molecule has 0 bridgehead atoms. The molecule has 0 N–H and O–H groups in total. The third kappa shape index (κ3) is 3.01. The molecule has 1 aliphatic heterocycles. The zero-order valence-corrected chi connectivity index (χ0v) is 15.0. The Morgan fingerprint density at radius 3 is 3.04 bits per heavy atom. The van der Waals surface area contributed by atoms with Gasteiger partial charge < -0.3 is 18.5 Å². The zero-order valence-electron chi connectivity index (χ0n) is 15.0. The van der Waals surface area contributed by atoms with Gasteiger partial charge in [-0.2, -0.15) is 0 Å². The van der Waals surface area contributed by atoms with Crippen LogP contribution in [0.5, 0.6) is 5.75 Å². The van der Waals surface area contributed by atoms with E-state index in [1.807, 2.05) is 19.1 Å². The molecule has 0 spiro atoms. The van der Waals surface area contributed by atoms with Crippen molar-refractivity contribution < 1.29 is 13.9 Å². The maximum absolute atomic E-state index is 12.5. The maximum atomic E-state index is 12.5. The molecule has 1 atom stereocenters. The summed E-state index contributed by atoms with van der Waals surface area (Å²) in [5, 5.41) is 0.587. The van der Waals surface area contributed by atoms with E-state index >= 15 is 0 Å². The summed E-state index contributed by atoms with van der Waals surface area (Å²) in [6, 6.07) is 3.72. The summed E-state index contributed by atoms with van der Waals surface area (Å²) in [7, 11) is 1.75. The highest BCUT2D eigenvalue weighted by Crippen LogP contribution is 2.35. The summed E-state index contributed by atoms with van der Waals surface area (Å²) in [4.78, 5) is 16.7.